The molecule has 1 aromatic rings. The fourth-order valence-corrected chi connectivity index (χ4v) is 4.06. The number of fused-ring (bicyclic) bond motifs is 1. The molecule has 122 valence electrons. The molecule has 1 saturated heterocycles. The summed E-state index contributed by atoms with van der Waals surface area (Å²) in [6.45, 7) is 0. The number of carbonyl (C=O) groups excluding carboxylic acids is 2. The maximum Gasteiger partial charge on any atom is 0.278 e. The molecule has 7 nitrogen and oxygen atoms in total. The predicted octanol–water partition coefficient (Wildman–Crippen LogP) is 2.13. The molecular formula is C17H15N3O4. The maximum absolute atomic E-state index is 12.6. The van der Waals surface area contributed by atoms with E-state index < -0.39 is 4.92 Å². The number of imide groups is 1. The summed E-state index contributed by atoms with van der Waals surface area (Å²) in [5, 5.41) is 15.9. The van der Waals surface area contributed by atoms with Crippen LogP contribution in [0.5, 0.6) is 0 Å². The van der Waals surface area contributed by atoms with Crippen molar-refractivity contribution in [2.45, 2.75) is 12.8 Å². The topological polar surface area (TPSA) is 92.9 Å². The van der Waals surface area contributed by atoms with E-state index in [1.807, 2.05) is 12.2 Å². The Kier molecular flexibility index (Phi) is 3.30. The molecule has 24 heavy (non-hydrogen) atoms. The van der Waals surface area contributed by atoms with E-state index in [0.717, 1.165) is 17.9 Å². The minimum atomic E-state index is -0.515. The van der Waals surface area contributed by atoms with E-state index in [1.54, 1.807) is 12.1 Å². The molecule has 7 heteroatoms. The largest absolute Gasteiger partial charge is 0.278 e. The van der Waals surface area contributed by atoms with Crippen molar-refractivity contribution in [3.63, 3.8) is 0 Å². The highest BCUT2D eigenvalue weighted by Crippen LogP contribution is 2.49. The number of hydrogen-bond acceptors (Lipinski definition) is 5. The molecule has 1 aromatic carbocycles. The van der Waals surface area contributed by atoms with E-state index in [9.17, 15) is 19.7 Å². The van der Waals surface area contributed by atoms with Crippen LogP contribution in [0.4, 0.5) is 5.69 Å². The van der Waals surface area contributed by atoms with Gasteiger partial charge in [-0.25, -0.2) is 0 Å². The van der Waals surface area contributed by atoms with Crippen LogP contribution in [0.1, 0.15) is 18.4 Å². The number of nitro benzene ring substituents is 1. The van der Waals surface area contributed by atoms with Gasteiger partial charge in [0.2, 0.25) is 0 Å². The Morgan fingerprint density at radius 1 is 1.08 bits per heavy atom. The van der Waals surface area contributed by atoms with Crippen LogP contribution in [-0.4, -0.2) is 28.0 Å². The van der Waals surface area contributed by atoms with Gasteiger partial charge in [0.1, 0.15) is 0 Å². The zero-order chi connectivity index (χ0) is 16.8. The van der Waals surface area contributed by atoms with Crippen molar-refractivity contribution in [2.24, 2.45) is 28.8 Å². The molecule has 4 aliphatic rings. The normalized spacial score (nSPS) is 31.1. The number of carbonyl (C=O) groups is 2. The molecule has 0 N–H and O–H groups in total. The summed E-state index contributed by atoms with van der Waals surface area (Å²) in [7, 11) is 0. The van der Waals surface area contributed by atoms with E-state index in [2.05, 4.69) is 5.10 Å². The average molecular weight is 325 g/mol. The monoisotopic (exact) mass is 325 g/mol. The van der Waals surface area contributed by atoms with E-state index >= 15 is 0 Å². The third-order valence-electron chi connectivity index (χ3n) is 5.18. The average Bonchev–Trinajstić information content (AvgIpc) is 2.87. The first-order valence-electron chi connectivity index (χ1n) is 7.91. The van der Waals surface area contributed by atoms with Gasteiger partial charge in [-0.3, -0.25) is 19.7 Å². The number of rotatable bonds is 3. The van der Waals surface area contributed by atoms with Gasteiger partial charge in [-0.05, 0) is 30.7 Å². The maximum atomic E-state index is 12.6. The molecule has 1 aliphatic heterocycles. The van der Waals surface area contributed by atoms with Crippen LogP contribution in [0.25, 0.3) is 0 Å². The first kappa shape index (κ1) is 14.7. The number of hydrogen-bond donors (Lipinski definition) is 0. The summed E-state index contributed by atoms with van der Waals surface area (Å²) >= 11 is 0. The molecule has 1 saturated carbocycles. The number of amides is 2. The second-order valence-corrected chi connectivity index (χ2v) is 6.39. The highest BCUT2D eigenvalue weighted by molar-refractivity contribution is 6.06. The van der Waals surface area contributed by atoms with Gasteiger partial charge < -0.3 is 0 Å². The molecule has 2 bridgehead atoms. The first-order valence-corrected chi connectivity index (χ1v) is 7.91. The van der Waals surface area contributed by atoms with E-state index in [4.69, 9.17) is 0 Å². The summed E-state index contributed by atoms with van der Waals surface area (Å²) in [6.07, 6.45) is 7.14. The first-order chi connectivity index (χ1) is 11.6. The van der Waals surface area contributed by atoms with E-state index in [-0.39, 0.29) is 46.7 Å². The Labute approximate surface area is 137 Å². The van der Waals surface area contributed by atoms with Crippen molar-refractivity contribution >= 4 is 23.7 Å². The van der Waals surface area contributed by atoms with Crippen LogP contribution >= 0.6 is 0 Å². The predicted molar refractivity (Wildman–Crippen MR) is 84.9 cm³/mol. The molecule has 0 spiro atoms. The Bertz CT molecular complexity index is 769. The fourth-order valence-electron chi connectivity index (χ4n) is 4.06. The van der Waals surface area contributed by atoms with Crippen LogP contribution < -0.4 is 0 Å². The standard InChI is InChI=1S/C17H15N3O4/c21-16-14-10-5-6-11(8-7-10)15(14)17(22)19(16)18-9-12-3-1-2-4-13(12)20(23)24/h1-6,9-11,14-15H,7-8H2/b18-9-/t10-,11-,14-,15+/m0/s1. The lowest BCUT2D eigenvalue weighted by Crippen LogP contribution is -2.38. The van der Waals surface area contributed by atoms with E-state index in [0.29, 0.717) is 0 Å². The Morgan fingerprint density at radius 3 is 2.21 bits per heavy atom. The lowest BCUT2D eigenvalue weighted by molar-refractivity contribution is -0.385. The molecular weight excluding hydrogens is 310 g/mol. The number of allylic oxidation sites excluding steroid dienone is 2. The van der Waals surface area contributed by atoms with Gasteiger partial charge in [0.15, 0.2) is 0 Å². The van der Waals surface area contributed by atoms with Gasteiger partial charge in [-0.1, -0.05) is 24.3 Å². The fraction of sp³-hybridized carbons (Fsp3) is 0.353. The second kappa shape index (κ2) is 5.36. The number of para-hydroxylation sites is 1. The molecule has 5 rings (SSSR count). The summed E-state index contributed by atoms with van der Waals surface area (Å²) in [5.41, 5.74) is 0.151. The van der Waals surface area contributed by atoms with Crippen molar-refractivity contribution < 1.29 is 14.5 Å². The van der Waals surface area contributed by atoms with Gasteiger partial charge in [-0.2, -0.15) is 10.1 Å². The van der Waals surface area contributed by atoms with Crippen LogP contribution in [0.15, 0.2) is 41.5 Å². The Hall–Kier alpha value is -2.83. The summed E-state index contributed by atoms with van der Waals surface area (Å²) in [5.74, 6) is -1.04. The van der Waals surface area contributed by atoms with Gasteiger partial charge >= 0.3 is 0 Å². The molecule has 1 heterocycles. The zero-order valence-corrected chi connectivity index (χ0v) is 12.7. The van der Waals surface area contributed by atoms with Crippen LogP contribution in [0.3, 0.4) is 0 Å². The minimum absolute atomic E-state index is 0.0997. The second-order valence-electron chi connectivity index (χ2n) is 6.39. The third kappa shape index (κ3) is 2.08. The smallest absolute Gasteiger partial charge is 0.272 e. The van der Waals surface area contributed by atoms with Gasteiger partial charge in [-0.15, -0.1) is 0 Å². The van der Waals surface area contributed by atoms with Crippen LogP contribution in [-0.2, 0) is 9.59 Å². The molecule has 2 fully saturated rings. The molecule has 3 aliphatic carbocycles. The molecule has 0 radical (unpaired) electrons. The third-order valence-corrected chi connectivity index (χ3v) is 5.18. The van der Waals surface area contributed by atoms with Gasteiger partial charge in [0, 0.05) is 6.07 Å². The Morgan fingerprint density at radius 2 is 1.67 bits per heavy atom. The van der Waals surface area contributed by atoms with Gasteiger partial charge in [0.05, 0.1) is 28.5 Å². The molecule has 0 unspecified atom stereocenters. The summed E-state index contributed by atoms with van der Waals surface area (Å²) in [6, 6.07) is 6.09. The number of benzene rings is 1. The highest BCUT2D eigenvalue weighted by Gasteiger charge is 2.56. The summed E-state index contributed by atoms with van der Waals surface area (Å²) in [4.78, 5) is 35.7. The quantitative estimate of drug-likeness (QED) is 0.280. The molecule has 2 amide bonds. The number of nitrogens with zero attached hydrogens (tertiary/aromatic N) is 3. The zero-order valence-electron chi connectivity index (χ0n) is 12.7. The van der Waals surface area contributed by atoms with Crippen molar-refractivity contribution in [3.8, 4) is 0 Å². The van der Waals surface area contributed by atoms with Crippen LogP contribution in [0.2, 0.25) is 0 Å². The lowest BCUT2D eigenvalue weighted by atomic mass is 9.63. The Balaban J connectivity index is 1.64. The van der Waals surface area contributed by atoms with Gasteiger partial charge in [0.25, 0.3) is 17.5 Å². The van der Waals surface area contributed by atoms with Crippen molar-refractivity contribution in [3.05, 3.63) is 52.1 Å². The molecule has 4 atom stereocenters. The van der Waals surface area contributed by atoms with Crippen molar-refractivity contribution in [1.82, 2.24) is 5.01 Å². The SMILES string of the molecule is O=C1[C@@H]2[C@H](C(=O)N1/N=C\c1ccccc1[N+](=O)[O-])[C@H]1C=C[C@H]2CC1. The number of hydrazone groups is 1. The lowest BCUT2D eigenvalue weighted by Gasteiger charge is -2.37. The highest BCUT2D eigenvalue weighted by atomic mass is 16.6. The summed E-state index contributed by atoms with van der Waals surface area (Å²) < 4.78 is 0. The molecule has 0 aromatic heterocycles. The van der Waals surface area contributed by atoms with Crippen molar-refractivity contribution in [1.29, 1.82) is 0 Å². The van der Waals surface area contributed by atoms with E-state index in [1.165, 1.54) is 18.3 Å². The number of nitro groups is 1. The minimum Gasteiger partial charge on any atom is -0.272 e. The van der Waals surface area contributed by atoms with Crippen molar-refractivity contribution in [2.75, 3.05) is 0 Å². The van der Waals surface area contributed by atoms with Crippen LogP contribution in [0, 0.1) is 33.8 Å².